The molecule has 0 aromatic carbocycles. The van der Waals surface area contributed by atoms with Gasteiger partial charge in [-0.05, 0) is 0 Å². The van der Waals surface area contributed by atoms with Crippen LogP contribution in [0.5, 0.6) is 0 Å². The van der Waals surface area contributed by atoms with Crippen molar-refractivity contribution in [3.8, 4) is 0 Å². The summed E-state index contributed by atoms with van der Waals surface area (Å²) in [4.78, 5) is 0. The highest BCUT2D eigenvalue weighted by Gasteiger charge is 1.87. The van der Waals surface area contributed by atoms with E-state index in [1.54, 1.807) is 7.11 Å². The van der Waals surface area contributed by atoms with E-state index in [4.69, 9.17) is 19.3 Å². The molecule has 0 rings (SSSR count). The fourth-order valence-electron chi connectivity index (χ4n) is 0.597. The van der Waals surface area contributed by atoms with Gasteiger partial charge in [-0.25, -0.2) is 0 Å². The monoisotopic (exact) mass is 234 g/mol. The largest absolute Gasteiger partial charge is 0.474 e. The van der Waals surface area contributed by atoms with Gasteiger partial charge >= 0.3 is 0 Å². The second-order valence-electron chi connectivity index (χ2n) is 2.41. The van der Waals surface area contributed by atoms with Gasteiger partial charge in [-0.2, -0.15) is 0 Å². The molecule has 1 N–H and O–H groups in total. The third-order valence-corrected chi connectivity index (χ3v) is 1.23. The van der Waals surface area contributed by atoms with Crippen LogP contribution in [0, 0.1) is 0 Å². The van der Waals surface area contributed by atoms with E-state index in [9.17, 15) is 0 Å². The summed E-state index contributed by atoms with van der Waals surface area (Å²) < 4.78 is 19.2. The molecule has 0 saturated carbocycles. The molecule has 0 radical (unpaired) electrons. The molecule has 16 heavy (non-hydrogen) atoms. The number of methoxy groups -OCH3 is 1. The van der Waals surface area contributed by atoms with Crippen molar-refractivity contribution in [2.75, 3.05) is 46.8 Å². The van der Waals surface area contributed by atoms with Gasteiger partial charge < -0.3 is 24.1 Å². The summed E-state index contributed by atoms with van der Waals surface area (Å²) in [5.74, 6) is 0. The van der Waals surface area contributed by atoms with Gasteiger partial charge in [-0.15, -0.1) is 0 Å². The molecular formula is C11H22O5. The SMILES string of the molecule is C=COC=C.COCCOCCOCCO. The summed E-state index contributed by atoms with van der Waals surface area (Å²) in [6.45, 7) is 9.26. The Morgan fingerprint density at radius 1 is 0.938 bits per heavy atom. The van der Waals surface area contributed by atoms with Gasteiger partial charge in [0.25, 0.3) is 0 Å². The zero-order chi connectivity index (χ0) is 12.5. The minimum atomic E-state index is 0.0675. The van der Waals surface area contributed by atoms with E-state index in [0.717, 1.165) is 0 Å². The third-order valence-electron chi connectivity index (χ3n) is 1.23. The Morgan fingerprint density at radius 2 is 1.44 bits per heavy atom. The third kappa shape index (κ3) is 23.2. The number of aliphatic hydroxyl groups excluding tert-OH is 1. The first-order chi connectivity index (χ1) is 7.83. The van der Waals surface area contributed by atoms with Crippen LogP contribution in [0.3, 0.4) is 0 Å². The molecule has 0 aromatic rings. The quantitative estimate of drug-likeness (QED) is 0.450. The molecule has 0 aliphatic rings. The number of hydrogen-bond donors (Lipinski definition) is 1. The first-order valence-corrected chi connectivity index (χ1v) is 4.96. The van der Waals surface area contributed by atoms with E-state index in [0.29, 0.717) is 33.0 Å². The van der Waals surface area contributed by atoms with E-state index in [2.05, 4.69) is 17.9 Å². The molecule has 0 spiro atoms. The van der Waals surface area contributed by atoms with E-state index in [-0.39, 0.29) is 6.61 Å². The van der Waals surface area contributed by atoms with Gasteiger partial charge in [-0.1, -0.05) is 13.2 Å². The van der Waals surface area contributed by atoms with Crippen LogP contribution in [-0.2, 0) is 18.9 Å². The molecule has 5 heteroatoms. The van der Waals surface area contributed by atoms with Crippen LogP contribution in [-0.4, -0.2) is 51.9 Å². The molecule has 0 heterocycles. The Morgan fingerprint density at radius 3 is 1.81 bits per heavy atom. The Bertz CT molecular complexity index is 124. The molecule has 0 unspecified atom stereocenters. The van der Waals surface area contributed by atoms with Gasteiger partial charge in [0.2, 0.25) is 0 Å². The predicted octanol–water partition coefficient (Wildman–Crippen LogP) is 0.948. The zero-order valence-electron chi connectivity index (χ0n) is 9.89. The maximum Gasteiger partial charge on any atom is 0.0829 e. The van der Waals surface area contributed by atoms with Gasteiger partial charge in [-0.3, -0.25) is 0 Å². The first kappa shape index (κ1) is 17.5. The van der Waals surface area contributed by atoms with Gasteiger partial charge in [0, 0.05) is 7.11 Å². The summed E-state index contributed by atoms with van der Waals surface area (Å²) in [7, 11) is 1.63. The van der Waals surface area contributed by atoms with E-state index in [1.165, 1.54) is 12.5 Å². The highest BCUT2D eigenvalue weighted by molar-refractivity contribution is 4.57. The molecule has 5 nitrogen and oxygen atoms in total. The van der Waals surface area contributed by atoms with Crippen LogP contribution in [0.25, 0.3) is 0 Å². The predicted molar refractivity (Wildman–Crippen MR) is 62.1 cm³/mol. The Hall–Kier alpha value is -0.880. The smallest absolute Gasteiger partial charge is 0.0829 e. The second kappa shape index (κ2) is 19.7. The number of hydrogen-bond acceptors (Lipinski definition) is 5. The molecule has 0 atom stereocenters. The van der Waals surface area contributed by atoms with Crippen LogP contribution in [0.2, 0.25) is 0 Å². The lowest BCUT2D eigenvalue weighted by atomic mass is 10.7. The number of aliphatic hydroxyl groups is 1. The molecular weight excluding hydrogens is 212 g/mol. The molecule has 0 aliphatic heterocycles. The highest BCUT2D eigenvalue weighted by atomic mass is 16.5. The van der Waals surface area contributed by atoms with Crippen molar-refractivity contribution < 1.29 is 24.1 Å². The fraction of sp³-hybridized carbons (Fsp3) is 0.636. The van der Waals surface area contributed by atoms with Crippen molar-refractivity contribution in [3.63, 3.8) is 0 Å². The lowest BCUT2D eigenvalue weighted by molar-refractivity contribution is 0.0159. The van der Waals surface area contributed by atoms with Gasteiger partial charge in [0.1, 0.15) is 0 Å². The lowest BCUT2D eigenvalue weighted by Gasteiger charge is -2.03. The maximum atomic E-state index is 8.32. The molecule has 96 valence electrons. The van der Waals surface area contributed by atoms with Crippen LogP contribution < -0.4 is 0 Å². The minimum Gasteiger partial charge on any atom is -0.474 e. The summed E-state index contributed by atoms with van der Waals surface area (Å²) in [5.41, 5.74) is 0. The average molecular weight is 234 g/mol. The molecule has 0 fully saturated rings. The topological polar surface area (TPSA) is 57.2 Å². The average Bonchev–Trinajstić information content (AvgIpc) is 2.30. The Kier molecular flexibility index (Phi) is 21.5. The van der Waals surface area contributed by atoms with Crippen LogP contribution >= 0.6 is 0 Å². The summed E-state index contributed by atoms with van der Waals surface area (Å²) in [5, 5.41) is 8.32. The molecule has 0 aromatic heterocycles. The minimum absolute atomic E-state index is 0.0675. The zero-order valence-corrected chi connectivity index (χ0v) is 9.89. The molecule has 0 bridgehead atoms. The van der Waals surface area contributed by atoms with Crippen LogP contribution in [0.1, 0.15) is 0 Å². The summed E-state index contributed by atoms with van der Waals surface area (Å²) >= 11 is 0. The normalized spacial score (nSPS) is 8.88. The van der Waals surface area contributed by atoms with Crippen molar-refractivity contribution in [2.45, 2.75) is 0 Å². The maximum absolute atomic E-state index is 8.32. The van der Waals surface area contributed by atoms with Crippen molar-refractivity contribution in [3.05, 3.63) is 25.7 Å². The van der Waals surface area contributed by atoms with Crippen LogP contribution in [0.15, 0.2) is 25.7 Å². The van der Waals surface area contributed by atoms with Crippen molar-refractivity contribution in [1.29, 1.82) is 0 Å². The lowest BCUT2D eigenvalue weighted by Crippen LogP contribution is -2.09. The molecule has 0 amide bonds. The van der Waals surface area contributed by atoms with Gasteiger partial charge in [0.05, 0.1) is 52.2 Å². The number of rotatable bonds is 10. The Labute approximate surface area is 97.3 Å². The number of ether oxygens (including phenoxy) is 4. The van der Waals surface area contributed by atoms with Crippen molar-refractivity contribution in [1.82, 2.24) is 0 Å². The first-order valence-electron chi connectivity index (χ1n) is 4.96. The summed E-state index contributed by atoms with van der Waals surface area (Å²) in [6, 6.07) is 0. The molecule has 0 aliphatic carbocycles. The van der Waals surface area contributed by atoms with E-state index in [1.807, 2.05) is 0 Å². The van der Waals surface area contributed by atoms with Gasteiger partial charge in [0.15, 0.2) is 0 Å². The molecule has 0 saturated heterocycles. The van der Waals surface area contributed by atoms with Crippen molar-refractivity contribution in [2.24, 2.45) is 0 Å². The summed E-state index contributed by atoms with van der Waals surface area (Å²) in [6.07, 6.45) is 2.62. The van der Waals surface area contributed by atoms with E-state index >= 15 is 0 Å². The standard InChI is InChI=1S/C7H16O4.C4H6O/c1-9-4-5-11-7-6-10-3-2-8;1-3-5-4-2/h8H,2-7H2,1H3;3-4H,1-2H2. The van der Waals surface area contributed by atoms with Crippen molar-refractivity contribution >= 4 is 0 Å². The van der Waals surface area contributed by atoms with Crippen LogP contribution in [0.4, 0.5) is 0 Å². The second-order valence-corrected chi connectivity index (χ2v) is 2.41. The highest BCUT2D eigenvalue weighted by Crippen LogP contribution is 1.78. The van der Waals surface area contributed by atoms with E-state index < -0.39 is 0 Å². The Balaban J connectivity index is 0. The fourth-order valence-corrected chi connectivity index (χ4v) is 0.597.